The Balaban J connectivity index is 2.01. The van der Waals surface area contributed by atoms with E-state index in [0.29, 0.717) is 32.8 Å². The molecule has 1 atom stereocenters. The van der Waals surface area contributed by atoms with Crippen LogP contribution in [-0.4, -0.2) is 39.8 Å². The standard InChI is InChI=1S/C31H28N2O7S2/c1-4-40-25(34)18-24-29(35)33-30(39-3)28(42(36,37)23-14-6-5-7-15-23)26(20-11-9-13-22(17-20)38-2)27(31(33)41-24)19-10-8-12-21(32)16-19/h5-18,26H,4,32H2,1-3H3. The quantitative estimate of drug-likeness (QED) is 0.240. The molecule has 0 spiro atoms. The molecule has 2 heterocycles. The molecular weight excluding hydrogens is 576 g/mol. The van der Waals surface area contributed by atoms with Crippen LogP contribution in [0.15, 0.2) is 93.5 Å². The summed E-state index contributed by atoms with van der Waals surface area (Å²) in [6, 6.07) is 22.0. The molecule has 0 bridgehead atoms. The van der Waals surface area contributed by atoms with Crippen LogP contribution in [0.4, 0.5) is 5.69 Å². The molecule has 216 valence electrons. The molecule has 1 unspecified atom stereocenters. The molecular formula is C31H28N2O7S2. The molecule has 4 aromatic rings. The first kappa shape index (κ1) is 28.9. The lowest BCUT2D eigenvalue weighted by molar-refractivity contribution is -0.135. The second-order valence-electron chi connectivity index (χ2n) is 9.25. The second-order valence-corrected chi connectivity index (χ2v) is 12.2. The minimum atomic E-state index is -4.27. The van der Waals surface area contributed by atoms with Crippen LogP contribution in [0.1, 0.15) is 24.0 Å². The van der Waals surface area contributed by atoms with Crippen LogP contribution in [0.5, 0.6) is 5.75 Å². The first-order valence-corrected chi connectivity index (χ1v) is 15.2. The van der Waals surface area contributed by atoms with Crippen LogP contribution in [0.3, 0.4) is 0 Å². The Bertz CT molecular complexity index is 1990. The summed E-state index contributed by atoms with van der Waals surface area (Å²) < 4.78 is 47.0. The molecule has 1 aliphatic heterocycles. The minimum Gasteiger partial charge on any atom is -0.497 e. The van der Waals surface area contributed by atoms with E-state index in [9.17, 15) is 18.0 Å². The van der Waals surface area contributed by atoms with Crippen LogP contribution in [0, 0.1) is 0 Å². The number of nitrogen functional groups attached to an aromatic ring is 1. The fourth-order valence-electron chi connectivity index (χ4n) is 4.95. The molecule has 0 saturated carbocycles. The zero-order chi connectivity index (χ0) is 30.0. The van der Waals surface area contributed by atoms with Crippen LogP contribution in [0.2, 0.25) is 0 Å². The lowest BCUT2D eigenvalue weighted by Gasteiger charge is -2.30. The van der Waals surface area contributed by atoms with Gasteiger partial charge in [-0.1, -0.05) is 42.5 Å². The number of methoxy groups -OCH3 is 2. The number of anilines is 1. The summed E-state index contributed by atoms with van der Waals surface area (Å²) in [6.07, 6.45) is 1.11. The lowest BCUT2D eigenvalue weighted by Crippen LogP contribution is -2.38. The van der Waals surface area contributed by atoms with Crippen molar-refractivity contribution in [2.45, 2.75) is 17.7 Å². The number of sulfone groups is 1. The predicted octanol–water partition coefficient (Wildman–Crippen LogP) is 3.09. The van der Waals surface area contributed by atoms with Gasteiger partial charge in [0.05, 0.1) is 31.6 Å². The van der Waals surface area contributed by atoms with Gasteiger partial charge < -0.3 is 19.9 Å². The highest BCUT2D eigenvalue weighted by Crippen LogP contribution is 2.46. The number of nitrogens with two attached hydrogens (primary N) is 1. The van der Waals surface area contributed by atoms with Gasteiger partial charge in [0.15, 0.2) is 0 Å². The van der Waals surface area contributed by atoms with Crippen LogP contribution in [-0.2, 0) is 24.1 Å². The van der Waals surface area contributed by atoms with Gasteiger partial charge in [-0.2, -0.15) is 0 Å². The molecule has 2 N–H and O–H groups in total. The minimum absolute atomic E-state index is 0.0272. The Labute approximate surface area is 246 Å². The maximum absolute atomic E-state index is 14.5. The summed E-state index contributed by atoms with van der Waals surface area (Å²) in [4.78, 5) is 26.2. The van der Waals surface area contributed by atoms with Gasteiger partial charge >= 0.3 is 5.97 Å². The van der Waals surface area contributed by atoms with Crippen molar-refractivity contribution < 1.29 is 27.4 Å². The molecule has 1 aliphatic rings. The summed E-state index contributed by atoms with van der Waals surface area (Å²) in [5.74, 6) is -1.29. The number of benzene rings is 3. The number of carbonyl (C=O) groups excluding carboxylic acids is 1. The zero-order valence-corrected chi connectivity index (χ0v) is 24.7. The van der Waals surface area contributed by atoms with Crippen molar-refractivity contribution in [1.29, 1.82) is 0 Å². The van der Waals surface area contributed by atoms with Crippen molar-refractivity contribution >= 4 is 50.4 Å². The maximum atomic E-state index is 14.5. The molecule has 11 heteroatoms. The first-order chi connectivity index (χ1) is 20.2. The van der Waals surface area contributed by atoms with E-state index in [0.717, 1.165) is 17.4 Å². The van der Waals surface area contributed by atoms with E-state index in [1.165, 1.54) is 30.9 Å². The van der Waals surface area contributed by atoms with Crippen molar-refractivity contribution in [2.75, 3.05) is 26.6 Å². The SMILES string of the molecule is CCOC(=O)C=c1sc2n(c1=O)C(OC)=C(S(=O)(=O)c1ccccc1)C(c1cccc(OC)c1)C=2c1cccc(N)c1. The van der Waals surface area contributed by atoms with E-state index >= 15 is 0 Å². The smallest absolute Gasteiger partial charge is 0.332 e. The van der Waals surface area contributed by atoms with Crippen LogP contribution < -0.4 is 25.2 Å². The number of fused-ring (bicyclic) bond motifs is 1. The lowest BCUT2D eigenvalue weighted by atomic mass is 9.85. The Hall–Kier alpha value is -4.61. The fourth-order valence-corrected chi connectivity index (χ4v) is 7.83. The van der Waals surface area contributed by atoms with Gasteiger partial charge in [0, 0.05) is 17.3 Å². The number of hydrogen-bond donors (Lipinski definition) is 1. The summed E-state index contributed by atoms with van der Waals surface area (Å²) in [7, 11) is -1.43. The van der Waals surface area contributed by atoms with Gasteiger partial charge in [0.1, 0.15) is 19.8 Å². The first-order valence-electron chi connectivity index (χ1n) is 12.9. The summed E-state index contributed by atoms with van der Waals surface area (Å²) >= 11 is 1.04. The Morgan fingerprint density at radius 1 is 1.00 bits per heavy atom. The highest BCUT2D eigenvalue weighted by Gasteiger charge is 2.41. The number of aromatic nitrogens is 1. The third kappa shape index (κ3) is 5.12. The molecule has 0 fully saturated rings. The van der Waals surface area contributed by atoms with E-state index in [2.05, 4.69) is 0 Å². The van der Waals surface area contributed by atoms with Crippen LogP contribution >= 0.6 is 11.3 Å². The van der Waals surface area contributed by atoms with Gasteiger partial charge in [-0.05, 0) is 54.4 Å². The van der Waals surface area contributed by atoms with E-state index < -0.39 is 27.3 Å². The maximum Gasteiger partial charge on any atom is 0.332 e. The number of rotatable bonds is 8. The van der Waals surface area contributed by atoms with Gasteiger partial charge in [0.25, 0.3) is 5.56 Å². The Morgan fingerprint density at radius 3 is 2.40 bits per heavy atom. The molecule has 0 radical (unpaired) electrons. The number of nitrogens with zero attached hydrogens (tertiary/aromatic N) is 1. The van der Waals surface area contributed by atoms with Crippen molar-refractivity contribution in [3.05, 3.63) is 114 Å². The number of ether oxygens (including phenoxy) is 3. The third-order valence-corrected chi connectivity index (χ3v) is 9.71. The average molecular weight is 605 g/mol. The second kappa shape index (κ2) is 11.7. The van der Waals surface area contributed by atoms with Gasteiger partial charge in [-0.15, -0.1) is 11.3 Å². The Morgan fingerprint density at radius 2 is 1.74 bits per heavy atom. The monoisotopic (exact) mass is 604 g/mol. The molecule has 9 nitrogen and oxygen atoms in total. The number of hydrogen-bond acceptors (Lipinski definition) is 9. The zero-order valence-electron chi connectivity index (χ0n) is 23.1. The fraction of sp³-hybridized carbons (Fsp3) is 0.161. The van der Waals surface area contributed by atoms with Gasteiger partial charge in [-0.3, -0.25) is 4.79 Å². The molecule has 5 rings (SSSR count). The summed E-state index contributed by atoms with van der Waals surface area (Å²) in [5, 5.41) is 0. The normalized spacial score (nSPS) is 15.4. The third-order valence-electron chi connectivity index (χ3n) is 6.72. The highest BCUT2D eigenvalue weighted by atomic mass is 32.2. The molecule has 0 amide bonds. The number of thiazole rings is 1. The highest BCUT2D eigenvalue weighted by molar-refractivity contribution is 7.95. The van der Waals surface area contributed by atoms with Crippen LogP contribution in [0.25, 0.3) is 17.5 Å². The van der Waals surface area contributed by atoms with E-state index in [1.54, 1.807) is 73.7 Å². The van der Waals surface area contributed by atoms with E-state index in [1.807, 2.05) is 0 Å². The molecule has 1 aromatic heterocycles. The van der Waals surface area contributed by atoms with Crippen molar-refractivity contribution in [3.8, 4) is 5.75 Å². The van der Waals surface area contributed by atoms with E-state index in [4.69, 9.17) is 19.9 Å². The van der Waals surface area contributed by atoms with Gasteiger partial charge in [-0.25, -0.2) is 17.8 Å². The largest absolute Gasteiger partial charge is 0.497 e. The van der Waals surface area contributed by atoms with E-state index in [-0.39, 0.29) is 26.8 Å². The average Bonchev–Trinajstić information content (AvgIpc) is 3.31. The summed E-state index contributed by atoms with van der Waals surface area (Å²) in [6.45, 7) is 1.79. The molecule has 0 saturated heterocycles. The predicted molar refractivity (Wildman–Crippen MR) is 162 cm³/mol. The number of allylic oxidation sites excluding steroid dienone is 1. The number of carbonyl (C=O) groups is 1. The van der Waals surface area contributed by atoms with Crippen molar-refractivity contribution in [3.63, 3.8) is 0 Å². The molecule has 42 heavy (non-hydrogen) atoms. The molecule has 0 aliphatic carbocycles. The van der Waals surface area contributed by atoms with Crippen molar-refractivity contribution in [2.24, 2.45) is 0 Å². The number of esters is 1. The Kier molecular flexibility index (Phi) is 8.06. The van der Waals surface area contributed by atoms with Gasteiger partial charge in [0.2, 0.25) is 15.7 Å². The summed E-state index contributed by atoms with van der Waals surface area (Å²) in [5.41, 5.74) is 7.69. The topological polar surface area (TPSA) is 127 Å². The van der Waals surface area contributed by atoms with Crippen molar-refractivity contribution in [1.82, 2.24) is 4.57 Å². The molecule has 3 aromatic carbocycles.